The Kier molecular flexibility index (Phi) is 4.91. The topological polar surface area (TPSA) is 53.1 Å². The first kappa shape index (κ1) is 17.2. The minimum Gasteiger partial charge on any atom is -0.261 e. The van der Waals surface area contributed by atoms with Crippen LogP contribution in [0.4, 0.5) is 25.4 Å². The van der Waals surface area contributed by atoms with Gasteiger partial charge in [0.2, 0.25) is 0 Å². The molecule has 1 aliphatic rings. The lowest BCUT2D eigenvalue weighted by molar-refractivity contribution is -0.0682. The third-order valence-corrected chi connectivity index (χ3v) is 4.47. The molecule has 2 aromatic rings. The van der Waals surface area contributed by atoms with Gasteiger partial charge in [-0.05, 0) is 43.7 Å². The van der Waals surface area contributed by atoms with E-state index < -0.39 is 17.9 Å². The highest BCUT2D eigenvalue weighted by atomic mass is 32.2. The van der Waals surface area contributed by atoms with Gasteiger partial charge in [0.15, 0.2) is 0 Å². The number of carbonyl (C=O) groups is 2. The predicted octanol–water partition coefficient (Wildman–Crippen LogP) is 4.52. The number of para-hydroxylation sites is 1. The summed E-state index contributed by atoms with van der Waals surface area (Å²) in [5.41, 5.74) is 1.56. The second-order valence-electron chi connectivity index (χ2n) is 5.24. The highest BCUT2D eigenvalue weighted by Crippen LogP contribution is 2.37. The van der Waals surface area contributed by atoms with E-state index in [-0.39, 0.29) is 12.3 Å². The van der Waals surface area contributed by atoms with E-state index >= 15 is 0 Å². The van der Waals surface area contributed by atoms with E-state index in [9.17, 15) is 14.0 Å². The molecule has 0 aliphatic carbocycles. The Labute approximate surface area is 149 Å². The molecule has 0 atom stereocenters. The third kappa shape index (κ3) is 3.31. The number of nitrogens with zero attached hydrogens (tertiary/aromatic N) is 3. The largest absolute Gasteiger partial charge is 0.369 e. The minimum atomic E-state index is -0.758. The molecule has 25 heavy (non-hydrogen) atoms. The maximum Gasteiger partial charge on any atom is 0.369 e. The number of aryl methyl sites for hydroxylation is 1. The van der Waals surface area contributed by atoms with Crippen molar-refractivity contribution in [2.45, 2.75) is 13.8 Å². The summed E-state index contributed by atoms with van der Waals surface area (Å²) < 4.78 is 16.6. The molecule has 0 bridgehead atoms. The van der Waals surface area contributed by atoms with Crippen LogP contribution in [0.2, 0.25) is 0 Å². The fraction of sp³-hybridized carbons (Fsp3) is 0.176. The monoisotopic (exact) mass is 361 g/mol. The van der Waals surface area contributed by atoms with Gasteiger partial charge in [0.25, 0.3) is 0 Å². The Balaban J connectivity index is 2.03. The summed E-state index contributed by atoms with van der Waals surface area (Å²) in [7, 11) is 0. The van der Waals surface area contributed by atoms with Crippen LogP contribution in [0.5, 0.6) is 0 Å². The van der Waals surface area contributed by atoms with Crippen LogP contribution in [0.1, 0.15) is 12.5 Å². The molecule has 0 N–H and O–H groups in total. The first-order chi connectivity index (χ1) is 12.0. The number of amides is 4. The Hall–Kier alpha value is -2.58. The normalized spacial score (nSPS) is 15.1. The number of carbonyl (C=O) groups excluding carboxylic acids is 2. The molecule has 130 valence electrons. The predicted molar refractivity (Wildman–Crippen MR) is 94.4 cm³/mol. The molecule has 0 unspecified atom stereocenters. The molecule has 0 aromatic heterocycles. The second kappa shape index (κ2) is 7.12. The molecule has 0 spiro atoms. The van der Waals surface area contributed by atoms with Crippen LogP contribution in [0.25, 0.3) is 0 Å². The molecule has 1 heterocycles. The number of halogens is 1. The quantitative estimate of drug-likeness (QED) is 0.752. The summed E-state index contributed by atoms with van der Waals surface area (Å²) in [5.74, 6) is -0.571. The number of hydrogen-bond donors (Lipinski definition) is 0. The summed E-state index contributed by atoms with van der Waals surface area (Å²) in [6, 6.07) is 11.7. The van der Waals surface area contributed by atoms with Crippen molar-refractivity contribution in [1.82, 2.24) is 5.06 Å². The van der Waals surface area contributed by atoms with Gasteiger partial charge in [-0.15, -0.1) is 5.06 Å². The van der Waals surface area contributed by atoms with E-state index in [0.717, 1.165) is 22.0 Å². The SMILES string of the molecule is CCON1C(=O)N(c2cccc(C)c2)SN(c2ccccc2F)C1=O. The zero-order chi connectivity index (χ0) is 18.0. The van der Waals surface area contributed by atoms with Gasteiger partial charge in [0.1, 0.15) is 5.82 Å². The zero-order valence-corrected chi connectivity index (χ0v) is 14.5. The third-order valence-electron chi connectivity index (χ3n) is 3.42. The summed E-state index contributed by atoms with van der Waals surface area (Å²) in [6.45, 7) is 3.67. The summed E-state index contributed by atoms with van der Waals surface area (Å²) in [5, 5.41) is 0.644. The van der Waals surface area contributed by atoms with Crippen LogP contribution in [-0.2, 0) is 4.84 Å². The molecule has 1 aliphatic heterocycles. The number of hydroxylamine groups is 2. The Morgan fingerprint density at radius 3 is 2.44 bits per heavy atom. The standard InChI is InChI=1S/C17H16FN3O3S/c1-3-24-19-16(22)20(13-8-6-7-12(2)11-13)25-21(17(19)23)15-10-5-4-9-14(15)18/h4-11H,3H2,1-2H3. The van der Waals surface area contributed by atoms with Crippen LogP contribution >= 0.6 is 12.1 Å². The Morgan fingerprint density at radius 2 is 1.76 bits per heavy atom. The lowest BCUT2D eigenvalue weighted by Gasteiger charge is -2.37. The minimum absolute atomic E-state index is 0.0485. The highest BCUT2D eigenvalue weighted by molar-refractivity contribution is 8.03. The van der Waals surface area contributed by atoms with Gasteiger partial charge in [0.05, 0.1) is 30.1 Å². The van der Waals surface area contributed by atoms with Gasteiger partial charge in [0, 0.05) is 0 Å². The van der Waals surface area contributed by atoms with Gasteiger partial charge >= 0.3 is 12.1 Å². The Bertz CT molecular complexity index is 817. The van der Waals surface area contributed by atoms with Crippen molar-refractivity contribution < 1.29 is 18.8 Å². The van der Waals surface area contributed by atoms with E-state index in [0.29, 0.717) is 10.8 Å². The average molecular weight is 361 g/mol. The lowest BCUT2D eigenvalue weighted by Crippen LogP contribution is -2.55. The first-order valence-corrected chi connectivity index (χ1v) is 8.36. The molecule has 0 radical (unpaired) electrons. The van der Waals surface area contributed by atoms with Crippen LogP contribution in [0.15, 0.2) is 48.5 Å². The van der Waals surface area contributed by atoms with E-state index in [1.165, 1.54) is 22.5 Å². The molecule has 8 heteroatoms. The van der Waals surface area contributed by atoms with Crippen molar-refractivity contribution in [1.29, 1.82) is 0 Å². The number of anilines is 2. The fourth-order valence-electron chi connectivity index (χ4n) is 2.31. The summed E-state index contributed by atoms with van der Waals surface area (Å²) in [4.78, 5) is 30.5. The summed E-state index contributed by atoms with van der Waals surface area (Å²) in [6.07, 6.45) is 0. The van der Waals surface area contributed by atoms with E-state index in [4.69, 9.17) is 4.84 Å². The molecule has 3 rings (SSSR count). The van der Waals surface area contributed by atoms with Gasteiger partial charge in [-0.2, -0.15) is 0 Å². The lowest BCUT2D eigenvalue weighted by atomic mass is 10.2. The van der Waals surface area contributed by atoms with Crippen molar-refractivity contribution in [2.24, 2.45) is 0 Å². The maximum atomic E-state index is 14.2. The smallest absolute Gasteiger partial charge is 0.261 e. The van der Waals surface area contributed by atoms with Crippen molar-refractivity contribution in [2.75, 3.05) is 15.2 Å². The molecule has 6 nitrogen and oxygen atoms in total. The fourth-order valence-corrected chi connectivity index (χ4v) is 3.21. The van der Waals surface area contributed by atoms with Crippen LogP contribution in [0.3, 0.4) is 0 Å². The number of benzene rings is 2. The molecular weight excluding hydrogens is 345 g/mol. The van der Waals surface area contributed by atoms with E-state index in [1.807, 2.05) is 13.0 Å². The highest BCUT2D eigenvalue weighted by Gasteiger charge is 2.42. The van der Waals surface area contributed by atoms with E-state index in [1.54, 1.807) is 31.2 Å². The number of urea groups is 2. The number of rotatable bonds is 4. The van der Waals surface area contributed by atoms with Gasteiger partial charge in [-0.3, -0.25) is 4.84 Å². The van der Waals surface area contributed by atoms with Crippen molar-refractivity contribution >= 4 is 35.6 Å². The van der Waals surface area contributed by atoms with Crippen LogP contribution < -0.4 is 8.61 Å². The van der Waals surface area contributed by atoms with Gasteiger partial charge < -0.3 is 0 Å². The molecular formula is C17H16FN3O3S. The number of imide groups is 1. The van der Waals surface area contributed by atoms with Crippen molar-refractivity contribution in [3.63, 3.8) is 0 Å². The molecule has 1 saturated heterocycles. The maximum absolute atomic E-state index is 14.2. The van der Waals surface area contributed by atoms with E-state index in [2.05, 4.69) is 0 Å². The van der Waals surface area contributed by atoms with Crippen LogP contribution in [0, 0.1) is 12.7 Å². The Morgan fingerprint density at radius 1 is 1.04 bits per heavy atom. The van der Waals surface area contributed by atoms with Crippen molar-refractivity contribution in [3.05, 3.63) is 59.9 Å². The molecule has 2 aromatic carbocycles. The zero-order valence-electron chi connectivity index (χ0n) is 13.7. The first-order valence-electron chi connectivity index (χ1n) is 7.63. The molecule has 1 fully saturated rings. The van der Waals surface area contributed by atoms with Crippen molar-refractivity contribution in [3.8, 4) is 0 Å². The summed E-state index contributed by atoms with van der Waals surface area (Å²) >= 11 is 0.812. The van der Waals surface area contributed by atoms with Gasteiger partial charge in [-0.1, -0.05) is 24.3 Å². The average Bonchev–Trinajstić information content (AvgIpc) is 2.60. The number of hydrogen-bond acceptors (Lipinski definition) is 4. The molecule has 4 amide bonds. The second-order valence-corrected chi connectivity index (χ2v) is 6.13. The molecule has 0 saturated carbocycles. The van der Waals surface area contributed by atoms with Gasteiger partial charge in [-0.25, -0.2) is 22.6 Å². The van der Waals surface area contributed by atoms with Crippen LogP contribution in [-0.4, -0.2) is 23.7 Å².